The van der Waals surface area contributed by atoms with Gasteiger partial charge in [-0.1, -0.05) is 6.92 Å². The third kappa shape index (κ3) is 2.92. The maximum atomic E-state index is 4.45. The third-order valence-corrected chi connectivity index (χ3v) is 2.92. The predicted octanol–water partition coefficient (Wildman–Crippen LogP) is 1.41. The van der Waals surface area contributed by atoms with Crippen LogP contribution < -0.4 is 5.32 Å². The van der Waals surface area contributed by atoms with Gasteiger partial charge in [0.15, 0.2) is 0 Å². The van der Waals surface area contributed by atoms with Crippen molar-refractivity contribution in [3.63, 3.8) is 0 Å². The standard InChI is InChI=1S/C13H19N5/c1-4-14-11(7-13-15-5-6-18(13)3)12-9-16-10(2)8-17-12/h5-6,8-9,11,14H,4,7H2,1-3H3. The highest BCUT2D eigenvalue weighted by atomic mass is 15.0. The molecule has 0 aliphatic rings. The van der Waals surface area contributed by atoms with Gasteiger partial charge in [-0.05, 0) is 13.5 Å². The van der Waals surface area contributed by atoms with E-state index < -0.39 is 0 Å². The van der Waals surface area contributed by atoms with E-state index in [0.29, 0.717) is 0 Å². The second-order valence-electron chi connectivity index (χ2n) is 4.35. The normalized spacial score (nSPS) is 12.6. The van der Waals surface area contributed by atoms with Crippen LogP contribution in [0.2, 0.25) is 0 Å². The number of aryl methyl sites for hydroxylation is 2. The second kappa shape index (κ2) is 5.73. The highest BCUT2D eigenvalue weighted by Gasteiger charge is 2.15. The van der Waals surface area contributed by atoms with E-state index in [-0.39, 0.29) is 6.04 Å². The van der Waals surface area contributed by atoms with Crippen molar-refractivity contribution < 1.29 is 0 Å². The molecule has 2 aromatic heterocycles. The van der Waals surface area contributed by atoms with Crippen molar-refractivity contribution in [2.75, 3.05) is 6.54 Å². The molecule has 5 heteroatoms. The van der Waals surface area contributed by atoms with E-state index >= 15 is 0 Å². The number of imidazole rings is 1. The molecule has 0 fully saturated rings. The molecule has 0 aliphatic heterocycles. The lowest BCUT2D eigenvalue weighted by molar-refractivity contribution is 0.515. The van der Waals surface area contributed by atoms with E-state index in [4.69, 9.17) is 0 Å². The molecule has 0 amide bonds. The van der Waals surface area contributed by atoms with E-state index in [1.807, 2.05) is 37.1 Å². The van der Waals surface area contributed by atoms with Crippen LogP contribution in [0, 0.1) is 6.92 Å². The first-order valence-corrected chi connectivity index (χ1v) is 6.18. The van der Waals surface area contributed by atoms with Crippen LogP contribution in [0.5, 0.6) is 0 Å². The van der Waals surface area contributed by atoms with E-state index in [1.165, 1.54) is 0 Å². The molecule has 2 rings (SSSR count). The first-order chi connectivity index (χ1) is 8.70. The summed E-state index contributed by atoms with van der Waals surface area (Å²) >= 11 is 0. The highest BCUT2D eigenvalue weighted by Crippen LogP contribution is 2.14. The molecule has 0 saturated heterocycles. The molecule has 0 saturated carbocycles. The minimum atomic E-state index is 0.157. The Labute approximate surface area is 107 Å². The third-order valence-electron chi connectivity index (χ3n) is 2.92. The molecule has 96 valence electrons. The first kappa shape index (κ1) is 12.7. The van der Waals surface area contributed by atoms with Crippen molar-refractivity contribution in [1.82, 2.24) is 24.8 Å². The summed E-state index contributed by atoms with van der Waals surface area (Å²) < 4.78 is 2.03. The SMILES string of the molecule is CCNC(Cc1nccn1C)c1cnc(C)cn1. The van der Waals surface area contributed by atoms with Gasteiger partial charge in [0.2, 0.25) is 0 Å². The number of rotatable bonds is 5. The summed E-state index contributed by atoms with van der Waals surface area (Å²) in [7, 11) is 2.01. The summed E-state index contributed by atoms with van der Waals surface area (Å²) in [6.07, 6.45) is 8.23. The van der Waals surface area contributed by atoms with Crippen molar-refractivity contribution in [3.8, 4) is 0 Å². The van der Waals surface area contributed by atoms with Crippen LogP contribution >= 0.6 is 0 Å². The molecule has 2 heterocycles. The topological polar surface area (TPSA) is 55.6 Å². The van der Waals surface area contributed by atoms with Gasteiger partial charge in [-0.15, -0.1) is 0 Å². The Morgan fingerprint density at radius 1 is 1.28 bits per heavy atom. The van der Waals surface area contributed by atoms with Crippen LogP contribution in [0.3, 0.4) is 0 Å². The van der Waals surface area contributed by atoms with Gasteiger partial charge in [0.25, 0.3) is 0 Å². The Hall–Kier alpha value is -1.75. The molecule has 5 nitrogen and oxygen atoms in total. The summed E-state index contributed by atoms with van der Waals surface area (Å²) in [5.41, 5.74) is 1.90. The predicted molar refractivity (Wildman–Crippen MR) is 70.1 cm³/mol. The van der Waals surface area contributed by atoms with Gasteiger partial charge in [-0.3, -0.25) is 9.97 Å². The fraction of sp³-hybridized carbons (Fsp3) is 0.462. The van der Waals surface area contributed by atoms with Gasteiger partial charge in [0, 0.05) is 32.1 Å². The minimum absolute atomic E-state index is 0.157. The Morgan fingerprint density at radius 3 is 2.67 bits per heavy atom. The number of hydrogen-bond donors (Lipinski definition) is 1. The number of hydrogen-bond acceptors (Lipinski definition) is 4. The van der Waals surface area contributed by atoms with Crippen LogP contribution in [-0.4, -0.2) is 26.1 Å². The van der Waals surface area contributed by atoms with E-state index in [0.717, 1.165) is 30.2 Å². The van der Waals surface area contributed by atoms with Crippen LogP contribution in [0.25, 0.3) is 0 Å². The van der Waals surface area contributed by atoms with Crippen LogP contribution in [-0.2, 0) is 13.5 Å². The zero-order valence-corrected chi connectivity index (χ0v) is 11.1. The Morgan fingerprint density at radius 2 is 2.11 bits per heavy atom. The molecule has 0 spiro atoms. The largest absolute Gasteiger partial charge is 0.338 e. The Bertz CT molecular complexity index is 488. The van der Waals surface area contributed by atoms with E-state index in [9.17, 15) is 0 Å². The molecule has 2 aromatic rings. The van der Waals surface area contributed by atoms with Crippen molar-refractivity contribution in [3.05, 3.63) is 42.0 Å². The van der Waals surface area contributed by atoms with E-state index in [2.05, 4.69) is 27.2 Å². The number of likely N-dealkylation sites (N-methyl/N-ethyl adjacent to an activating group) is 1. The lowest BCUT2D eigenvalue weighted by Crippen LogP contribution is -2.25. The molecule has 0 radical (unpaired) electrons. The van der Waals surface area contributed by atoms with Gasteiger partial charge in [0.1, 0.15) is 5.82 Å². The lowest BCUT2D eigenvalue weighted by atomic mass is 10.1. The average molecular weight is 245 g/mol. The fourth-order valence-corrected chi connectivity index (χ4v) is 1.89. The van der Waals surface area contributed by atoms with E-state index in [1.54, 1.807) is 6.20 Å². The average Bonchev–Trinajstić information content (AvgIpc) is 2.76. The van der Waals surface area contributed by atoms with Gasteiger partial charge in [-0.2, -0.15) is 0 Å². The summed E-state index contributed by atoms with van der Waals surface area (Å²) in [4.78, 5) is 13.1. The Kier molecular flexibility index (Phi) is 4.04. The first-order valence-electron chi connectivity index (χ1n) is 6.18. The molecule has 18 heavy (non-hydrogen) atoms. The monoisotopic (exact) mass is 245 g/mol. The zero-order valence-electron chi connectivity index (χ0n) is 11.1. The van der Waals surface area contributed by atoms with Crippen molar-refractivity contribution in [2.45, 2.75) is 26.3 Å². The molecule has 1 unspecified atom stereocenters. The molecular weight excluding hydrogens is 226 g/mol. The van der Waals surface area contributed by atoms with Gasteiger partial charge in [0.05, 0.1) is 23.6 Å². The molecule has 0 aromatic carbocycles. The lowest BCUT2D eigenvalue weighted by Gasteiger charge is -2.16. The van der Waals surface area contributed by atoms with Crippen molar-refractivity contribution >= 4 is 0 Å². The number of nitrogens with one attached hydrogen (secondary N) is 1. The van der Waals surface area contributed by atoms with Crippen molar-refractivity contribution in [1.29, 1.82) is 0 Å². The van der Waals surface area contributed by atoms with Crippen LogP contribution in [0.15, 0.2) is 24.8 Å². The molecule has 0 bridgehead atoms. The van der Waals surface area contributed by atoms with Gasteiger partial charge in [-0.25, -0.2) is 4.98 Å². The zero-order chi connectivity index (χ0) is 13.0. The number of nitrogens with zero attached hydrogens (tertiary/aromatic N) is 4. The van der Waals surface area contributed by atoms with Gasteiger partial charge < -0.3 is 9.88 Å². The van der Waals surface area contributed by atoms with Gasteiger partial charge >= 0.3 is 0 Å². The quantitative estimate of drug-likeness (QED) is 0.865. The maximum Gasteiger partial charge on any atom is 0.110 e. The number of aromatic nitrogens is 4. The molecule has 1 N–H and O–H groups in total. The second-order valence-corrected chi connectivity index (χ2v) is 4.35. The highest BCUT2D eigenvalue weighted by molar-refractivity contribution is 5.09. The Balaban J connectivity index is 2.18. The molecule has 1 atom stereocenters. The van der Waals surface area contributed by atoms with Crippen LogP contribution in [0.1, 0.15) is 30.2 Å². The summed E-state index contributed by atoms with van der Waals surface area (Å²) in [6, 6.07) is 0.157. The summed E-state index contributed by atoms with van der Waals surface area (Å²) in [5, 5.41) is 3.43. The fourth-order valence-electron chi connectivity index (χ4n) is 1.89. The summed E-state index contributed by atoms with van der Waals surface area (Å²) in [5.74, 6) is 1.04. The van der Waals surface area contributed by atoms with Crippen LogP contribution in [0.4, 0.5) is 0 Å². The minimum Gasteiger partial charge on any atom is -0.338 e. The molecular formula is C13H19N5. The van der Waals surface area contributed by atoms with Crippen molar-refractivity contribution in [2.24, 2.45) is 7.05 Å². The maximum absolute atomic E-state index is 4.45. The summed E-state index contributed by atoms with van der Waals surface area (Å²) in [6.45, 7) is 4.93. The smallest absolute Gasteiger partial charge is 0.110 e. The molecule has 0 aliphatic carbocycles.